The van der Waals surface area contributed by atoms with Crippen LogP contribution in [-0.4, -0.2) is 16.9 Å². The molecule has 0 atom stereocenters. The minimum Gasteiger partial charge on any atom is -0.491 e. The quantitative estimate of drug-likeness (QED) is 0.785. The lowest BCUT2D eigenvalue weighted by molar-refractivity contribution is 0.103. The summed E-state index contributed by atoms with van der Waals surface area (Å²) in [4.78, 5) is 16.3. The monoisotopic (exact) mass is 309 g/mol. The highest BCUT2D eigenvalue weighted by Crippen LogP contribution is 2.22. The van der Waals surface area contributed by atoms with Crippen molar-refractivity contribution in [1.29, 1.82) is 0 Å². The predicted molar refractivity (Wildman–Crippen MR) is 79.9 cm³/mol. The normalized spacial score (nSPS) is 10.7. The molecule has 0 bridgehead atoms. The number of carbonyl (C=O) groups is 1. The lowest BCUT2D eigenvalue weighted by atomic mass is 10.1. The van der Waals surface area contributed by atoms with Gasteiger partial charge in [0.25, 0.3) is 0 Å². The Labute approximate surface area is 127 Å². The van der Waals surface area contributed by atoms with Crippen LogP contribution in [0.5, 0.6) is 5.75 Å². The summed E-state index contributed by atoms with van der Waals surface area (Å²) in [6.45, 7) is 3.88. The Morgan fingerprint density at radius 2 is 1.85 bits per heavy atom. The maximum Gasteiger partial charge on any atom is 0.212 e. The second kappa shape index (κ2) is 6.25. The Morgan fingerprint density at radius 3 is 2.40 bits per heavy atom. The molecule has 3 nitrogen and oxygen atoms in total. The fourth-order valence-electron chi connectivity index (χ4n) is 1.68. The molecule has 0 aliphatic heterocycles. The van der Waals surface area contributed by atoms with Crippen LogP contribution in [0.15, 0.2) is 36.5 Å². The van der Waals surface area contributed by atoms with Gasteiger partial charge in [-0.25, -0.2) is 4.98 Å². The molecule has 0 saturated carbocycles. The minimum atomic E-state index is -0.247. The van der Waals surface area contributed by atoms with E-state index in [1.165, 1.54) is 12.3 Å². The number of hydrogen-bond donors (Lipinski definition) is 0. The Bertz CT molecular complexity index is 624. The van der Waals surface area contributed by atoms with Gasteiger partial charge in [-0.1, -0.05) is 23.2 Å². The number of halogens is 2. The van der Waals surface area contributed by atoms with Gasteiger partial charge in [0.2, 0.25) is 5.78 Å². The molecule has 20 heavy (non-hydrogen) atoms. The molecule has 0 aliphatic rings. The zero-order valence-electron chi connectivity index (χ0n) is 11.1. The summed E-state index contributed by atoms with van der Waals surface area (Å²) in [6.07, 6.45) is 1.49. The van der Waals surface area contributed by atoms with Gasteiger partial charge in [-0.15, -0.1) is 0 Å². The third-order valence-electron chi connectivity index (χ3n) is 2.51. The van der Waals surface area contributed by atoms with Gasteiger partial charge in [0, 0.05) is 11.8 Å². The second-order valence-corrected chi connectivity index (χ2v) is 5.35. The number of ketones is 1. The molecule has 0 aliphatic carbocycles. The first-order valence-electron chi connectivity index (χ1n) is 6.10. The van der Waals surface area contributed by atoms with E-state index in [2.05, 4.69) is 4.98 Å². The van der Waals surface area contributed by atoms with Crippen LogP contribution in [0, 0.1) is 0 Å². The van der Waals surface area contributed by atoms with Crippen LogP contribution in [0.2, 0.25) is 10.0 Å². The second-order valence-electron chi connectivity index (χ2n) is 4.50. The number of pyridine rings is 1. The average Bonchev–Trinajstić information content (AvgIpc) is 2.38. The van der Waals surface area contributed by atoms with Gasteiger partial charge in [0.05, 0.1) is 16.1 Å². The summed E-state index contributed by atoms with van der Waals surface area (Å²) >= 11 is 11.7. The number of benzene rings is 1. The van der Waals surface area contributed by atoms with Gasteiger partial charge in [-0.2, -0.15) is 0 Å². The van der Waals surface area contributed by atoms with E-state index < -0.39 is 0 Å². The van der Waals surface area contributed by atoms with E-state index in [4.69, 9.17) is 27.9 Å². The zero-order valence-corrected chi connectivity index (χ0v) is 12.6. The number of rotatable bonds is 4. The number of nitrogens with zero attached hydrogens (tertiary/aromatic N) is 1. The fraction of sp³-hybridized carbons (Fsp3) is 0.200. The first-order valence-corrected chi connectivity index (χ1v) is 6.85. The first-order chi connectivity index (χ1) is 9.47. The molecular weight excluding hydrogens is 297 g/mol. The van der Waals surface area contributed by atoms with E-state index in [0.29, 0.717) is 16.3 Å². The van der Waals surface area contributed by atoms with Crippen LogP contribution >= 0.6 is 23.2 Å². The van der Waals surface area contributed by atoms with Crippen molar-refractivity contribution in [3.63, 3.8) is 0 Å². The lowest BCUT2D eigenvalue weighted by Gasteiger charge is -2.10. The molecule has 104 valence electrons. The van der Waals surface area contributed by atoms with Crippen LogP contribution in [-0.2, 0) is 0 Å². The number of ether oxygens (including phenoxy) is 1. The van der Waals surface area contributed by atoms with Crippen molar-refractivity contribution in [2.75, 3.05) is 0 Å². The van der Waals surface area contributed by atoms with Gasteiger partial charge in [0.15, 0.2) is 0 Å². The van der Waals surface area contributed by atoms with E-state index in [-0.39, 0.29) is 22.6 Å². The Balaban J connectivity index is 2.25. The van der Waals surface area contributed by atoms with Gasteiger partial charge in [0.1, 0.15) is 11.4 Å². The molecule has 0 N–H and O–H groups in total. The molecule has 0 radical (unpaired) electrons. The topological polar surface area (TPSA) is 39.2 Å². The van der Waals surface area contributed by atoms with Gasteiger partial charge in [-0.05, 0) is 44.2 Å². The van der Waals surface area contributed by atoms with Crippen LogP contribution in [0.4, 0.5) is 0 Å². The molecule has 0 fully saturated rings. The number of aromatic nitrogens is 1. The van der Waals surface area contributed by atoms with Crippen LogP contribution < -0.4 is 4.74 Å². The molecule has 1 aromatic carbocycles. The molecule has 0 amide bonds. The molecular formula is C15H13Cl2NO2. The van der Waals surface area contributed by atoms with Gasteiger partial charge < -0.3 is 4.74 Å². The van der Waals surface area contributed by atoms with Crippen molar-refractivity contribution in [3.8, 4) is 5.75 Å². The van der Waals surface area contributed by atoms with Crippen molar-refractivity contribution < 1.29 is 9.53 Å². The minimum absolute atomic E-state index is 0.0870. The summed E-state index contributed by atoms with van der Waals surface area (Å²) in [5.74, 6) is 0.467. The van der Waals surface area contributed by atoms with Crippen LogP contribution in [0.1, 0.15) is 29.9 Å². The smallest absolute Gasteiger partial charge is 0.212 e. The van der Waals surface area contributed by atoms with E-state index >= 15 is 0 Å². The first kappa shape index (κ1) is 14.8. The Hall–Kier alpha value is -1.58. The van der Waals surface area contributed by atoms with Crippen molar-refractivity contribution >= 4 is 29.0 Å². The summed E-state index contributed by atoms with van der Waals surface area (Å²) < 4.78 is 5.52. The van der Waals surface area contributed by atoms with Crippen molar-refractivity contribution in [1.82, 2.24) is 4.98 Å². The third-order valence-corrected chi connectivity index (χ3v) is 3.01. The molecule has 2 aromatic rings. The largest absolute Gasteiger partial charge is 0.491 e. The van der Waals surface area contributed by atoms with Crippen molar-refractivity contribution in [2.24, 2.45) is 0 Å². The predicted octanol–water partition coefficient (Wildman–Crippen LogP) is 4.41. The molecule has 5 heteroatoms. The van der Waals surface area contributed by atoms with Crippen molar-refractivity contribution in [2.45, 2.75) is 20.0 Å². The average molecular weight is 310 g/mol. The van der Waals surface area contributed by atoms with Gasteiger partial charge in [-0.3, -0.25) is 4.79 Å². The molecule has 1 aromatic heterocycles. The molecule has 0 spiro atoms. The summed E-state index contributed by atoms with van der Waals surface area (Å²) in [6, 6.07) is 8.37. The van der Waals surface area contributed by atoms with E-state index in [1.54, 1.807) is 24.3 Å². The maximum atomic E-state index is 12.3. The highest BCUT2D eigenvalue weighted by molar-refractivity contribution is 6.37. The lowest BCUT2D eigenvalue weighted by Crippen LogP contribution is -2.07. The SMILES string of the molecule is CC(C)Oc1ccc(C(=O)c2ncc(Cl)cc2Cl)cc1. The van der Waals surface area contributed by atoms with Crippen LogP contribution in [0.3, 0.4) is 0 Å². The van der Waals surface area contributed by atoms with E-state index in [1.807, 2.05) is 13.8 Å². The molecule has 0 unspecified atom stereocenters. The van der Waals surface area contributed by atoms with E-state index in [9.17, 15) is 4.79 Å². The zero-order chi connectivity index (χ0) is 14.7. The molecule has 0 saturated heterocycles. The standard InChI is InChI=1S/C15H13Cl2NO2/c1-9(2)20-12-5-3-10(4-6-12)15(19)14-13(17)7-11(16)8-18-14/h3-9H,1-2H3. The van der Waals surface area contributed by atoms with E-state index in [0.717, 1.165) is 0 Å². The number of carbonyl (C=O) groups excluding carboxylic acids is 1. The van der Waals surface area contributed by atoms with Crippen LogP contribution in [0.25, 0.3) is 0 Å². The summed E-state index contributed by atoms with van der Waals surface area (Å²) in [5, 5.41) is 0.636. The molecule has 2 rings (SSSR count). The highest BCUT2D eigenvalue weighted by atomic mass is 35.5. The maximum absolute atomic E-state index is 12.3. The fourth-order valence-corrected chi connectivity index (χ4v) is 2.14. The van der Waals surface area contributed by atoms with Crippen molar-refractivity contribution in [3.05, 3.63) is 57.8 Å². The Morgan fingerprint density at radius 1 is 1.20 bits per heavy atom. The number of hydrogen-bond acceptors (Lipinski definition) is 3. The van der Waals surface area contributed by atoms with Gasteiger partial charge >= 0.3 is 0 Å². The third kappa shape index (κ3) is 3.50. The Kier molecular flexibility index (Phi) is 4.63. The molecule has 1 heterocycles. The summed E-state index contributed by atoms with van der Waals surface area (Å²) in [5.41, 5.74) is 0.687. The highest BCUT2D eigenvalue weighted by Gasteiger charge is 2.15. The summed E-state index contributed by atoms with van der Waals surface area (Å²) in [7, 11) is 0.